The van der Waals surface area contributed by atoms with Gasteiger partial charge in [-0.2, -0.15) is 0 Å². The highest BCUT2D eigenvalue weighted by molar-refractivity contribution is 9.10. The predicted molar refractivity (Wildman–Crippen MR) is 70.8 cm³/mol. The summed E-state index contributed by atoms with van der Waals surface area (Å²) in [7, 11) is 0. The van der Waals surface area contributed by atoms with Crippen molar-refractivity contribution >= 4 is 32.5 Å². The van der Waals surface area contributed by atoms with Gasteiger partial charge in [-0.15, -0.1) is 6.58 Å². The smallest absolute Gasteiger partial charge is 0.190 e. The summed E-state index contributed by atoms with van der Waals surface area (Å²) < 4.78 is 3.14. The third-order valence-corrected chi connectivity index (χ3v) is 3.23. The van der Waals surface area contributed by atoms with E-state index in [-0.39, 0.29) is 0 Å². The minimum Gasteiger partial charge on any atom is -0.343 e. The molecule has 0 saturated carbocycles. The summed E-state index contributed by atoms with van der Waals surface area (Å²) in [5, 5.41) is 1.08. The first-order chi connectivity index (χ1) is 7.67. The van der Waals surface area contributed by atoms with E-state index in [9.17, 15) is 0 Å². The van der Waals surface area contributed by atoms with Gasteiger partial charge in [0.2, 0.25) is 0 Å². The zero-order valence-electron chi connectivity index (χ0n) is 9.00. The largest absolute Gasteiger partial charge is 0.343 e. The van der Waals surface area contributed by atoms with E-state index in [0.29, 0.717) is 5.69 Å². The van der Waals surface area contributed by atoms with Crippen LogP contribution in [0.25, 0.3) is 15.7 Å². The van der Waals surface area contributed by atoms with E-state index in [1.165, 1.54) is 0 Å². The van der Waals surface area contributed by atoms with Gasteiger partial charge in [-0.1, -0.05) is 6.08 Å². The van der Waals surface area contributed by atoms with Gasteiger partial charge in [0, 0.05) is 28.1 Å². The lowest BCUT2D eigenvalue weighted by Crippen LogP contribution is -1.91. The van der Waals surface area contributed by atoms with Crippen molar-refractivity contribution in [3.05, 3.63) is 52.4 Å². The lowest BCUT2D eigenvalue weighted by atomic mass is 10.1. The van der Waals surface area contributed by atoms with Crippen LogP contribution in [0.15, 0.2) is 35.5 Å². The number of fused-ring (bicyclic) bond motifs is 1. The minimum atomic E-state index is 0.713. The van der Waals surface area contributed by atoms with Crippen molar-refractivity contribution in [3.63, 3.8) is 0 Å². The standard InChI is InChI=1S/C13H11BrN2/c1-4-5-16-8-11(14)10-7-12(15-3)9(2)6-13(10)16/h4,6-8H,1,5H2,2H3. The number of allylic oxidation sites excluding steroid dienone is 1. The second-order valence-corrected chi connectivity index (χ2v) is 4.54. The molecule has 2 nitrogen and oxygen atoms in total. The Balaban J connectivity index is 2.77. The number of halogens is 1. The van der Waals surface area contributed by atoms with Crippen LogP contribution in [-0.2, 0) is 6.54 Å². The Morgan fingerprint density at radius 2 is 2.31 bits per heavy atom. The summed E-state index contributed by atoms with van der Waals surface area (Å²) in [6, 6.07) is 3.98. The number of hydrogen-bond acceptors (Lipinski definition) is 0. The maximum Gasteiger partial charge on any atom is 0.190 e. The Hall–Kier alpha value is -1.53. The van der Waals surface area contributed by atoms with Gasteiger partial charge in [0.25, 0.3) is 0 Å². The molecule has 0 atom stereocenters. The molecule has 0 bridgehead atoms. The third-order valence-electron chi connectivity index (χ3n) is 2.60. The van der Waals surface area contributed by atoms with Crippen LogP contribution in [0, 0.1) is 13.5 Å². The molecule has 0 aliphatic heterocycles. The predicted octanol–water partition coefficient (Wildman–Crippen LogP) is 4.45. The lowest BCUT2D eigenvalue weighted by molar-refractivity contribution is 0.863. The summed E-state index contributed by atoms with van der Waals surface area (Å²) in [5.74, 6) is 0. The molecule has 80 valence electrons. The van der Waals surface area contributed by atoms with E-state index in [0.717, 1.165) is 27.5 Å². The molecule has 0 unspecified atom stereocenters. The molecule has 0 aliphatic rings. The van der Waals surface area contributed by atoms with Crippen molar-refractivity contribution in [2.45, 2.75) is 13.5 Å². The quantitative estimate of drug-likeness (QED) is 0.566. The molecule has 1 aromatic carbocycles. The molecule has 1 aromatic heterocycles. The van der Waals surface area contributed by atoms with E-state index in [2.05, 4.69) is 38.0 Å². The van der Waals surface area contributed by atoms with Gasteiger partial charge in [-0.3, -0.25) is 0 Å². The Kier molecular flexibility index (Phi) is 2.84. The molecular formula is C13H11BrN2. The number of aryl methyl sites for hydroxylation is 1. The maximum atomic E-state index is 7.10. The summed E-state index contributed by atoms with van der Waals surface area (Å²) in [5.41, 5.74) is 2.86. The van der Waals surface area contributed by atoms with Crippen LogP contribution < -0.4 is 0 Å². The summed E-state index contributed by atoms with van der Waals surface area (Å²) in [6.45, 7) is 13.6. The SMILES string of the molecule is [C-]#[N+]c1cc2c(Br)cn(CC=C)c2cc1C. The first kappa shape index (κ1) is 11.0. The second-order valence-electron chi connectivity index (χ2n) is 3.69. The Morgan fingerprint density at radius 1 is 1.56 bits per heavy atom. The molecule has 0 aliphatic carbocycles. The lowest BCUT2D eigenvalue weighted by Gasteiger charge is -2.03. The first-order valence-electron chi connectivity index (χ1n) is 4.94. The molecule has 2 aromatic rings. The second kappa shape index (κ2) is 4.15. The highest BCUT2D eigenvalue weighted by atomic mass is 79.9. The third kappa shape index (κ3) is 1.66. The van der Waals surface area contributed by atoms with Gasteiger partial charge < -0.3 is 4.57 Å². The van der Waals surface area contributed by atoms with Gasteiger partial charge in [0.1, 0.15) is 0 Å². The summed E-state index contributed by atoms with van der Waals surface area (Å²) in [4.78, 5) is 3.52. The van der Waals surface area contributed by atoms with Crippen molar-refractivity contribution in [3.8, 4) is 0 Å². The minimum absolute atomic E-state index is 0.713. The van der Waals surface area contributed by atoms with Crippen molar-refractivity contribution in [2.75, 3.05) is 0 Å². The number of benzene rings is 1. The fourth-order valence-corrected chi connectivity index (χ4v) is 2.36. The summed E-state index contributed by atoms with van der Waals surface area (Å²) >= 11 is 3.52. The van der Waals surface area contributed by atoms with Crippen LogP contribution in [0.3, 0.4) is 0 Å². The monoisotopic (exact) mass is 274 g/mol. The molecule has 1 heterocycles. The summed E-state index contributed by atoms with van der Waals surface area (Å²) in [6.07, 6.45) is 3.89. The van der Waals surface area contributed by atoms with Gasteiger partial charge in [-0.25, -0.2) is 4.85 Å². The van der Waals surface area contributed by atoms with E-state index in [4.69, 9.17) is 6.57 Å². The van der Waals surface area contributed by atoms with Gasteiger partial charge >= 0.3 is 0 Å². The number of nitrogens with zero attached hydrogens (tertiary/aromatic N) is 2. The molecule has 0 radical (unpaired) electrons. The van der Waals surface area contributed by atoms with E-state index >= 15 is 0 Å². The van der Waals surface area contributed by atoms with E-state index in [1.54, 1.807) is 0 Å². The molecule has 0 spiro atoms. The van der Waals surface area contributed by atoms with E-state index < -0.39 is 0 Å². The van der Waals surface area contributed by atoms with Crippen LogP contribution in [-0.4, -0.2) is 4.57 Å². The van der Waals surface area contributed by atoms with Crippen LogP contribution in [0.5, 0.6) is 0 Å². The average molecular weight is 275 g/mol. The van der Waals surface area contributed by atoms with Gasteiger partial charge in [0.15, 0.2) is 5.69 Å². The molecular weight excluding hydrogens is 264 g/mol. The normalized spacial score (nSPS) is 10.3. The fraction of sp³-hybridized carbons (Fsp3) is 0.154. The van der Waals surface area contributed by atoms with E-state index in [1.807, 2.05) is 25.3 Å². The highest BCUT2D eigenvalue weighted by Gasteiger charge is 2.08. The Morgan fingerprint density at radius 3 is 2.94 bits per heavy atom. The number of rotatable bonds is 2. The highest BCUT2D eigenvalue weighted by Crippen LogP contribution is 2.32. The van der Waals surface area contributed by atoms with Crippen molar-refractivity contribution in [1.29, 1.82) is 0 Å². The van der Waals surface area contributed by atoms with Crippen LogP contribution in [0.1, 0.15) is 5.56 Å². The Labute approximate surface area is 103 Å². The Bertz CT molecular complexity index is 602. The molecule has 0 fully saturated rings. The molecule has 3 heteroatoms. The van der Waals surface area contributed by atoms with Gasteiger partial charge in [-0.05, 0) is 40.5 Å². The van der Waals surface area contributed by atoms with Crippen LogP contribution in [0.2, 0.25) is 0 Å². The first-order valence-corrected chi connectivity index (χ1v) is 5.74. The number of hydrogen-bond donors (Lipinski definition) is 0. The van der Waals surface area contributed by atoms with Crippen molar-refractivity contribution in [2.24, 2.45) is 0 Å². The molecule has 16 heavy (non-hydrogen) atoms. The van der Waals surface area contributed by atoms with Crippen molar-refractivity contribution in [1.82, 2.24) is 4.57 Å². The van der Waals surface area contributed by atoms with Crippen LogP contribution in [0.4, 0.5) is 5.69 Å². The molecule has 0 amide bonds. The number of aromatic nitrogens is 1. The average Bonchev–Trinajstić information content (AvgIpc) is 2.55. The zero-order valence-corrected chi connectivity index (χ0v) is 10.6. The fourth-order valence-electron chi connectivity index (χ4n) is 1.80. The zero-order chi connectivity index (χ0) is 11.7. The molecule has 2 rings (SSSR count). The molecule has 0 saturated heterocycles. The van der Waals surface area contributed by atoms with Crippen LogP contribution >= 0.6 is 15.9 Å². The topological polar surface area (TPSA) is 9.29 Å². The van der Waals surface area contributed by atoms with Crippen molar-refractivity contribution < 1.29 is 0 Å². The maximum absolute atomic E-state index is 7.10. The molecule has 0 N–H and O–H groups in total. The van der Waals surface area contributed by atoms with Gasteiger partial charge in [0.05, 0.1) is 6.57 Å².